The van der Waals surface area contributed by atoms with Gasteiger partial charge in [0.05, 0.1) is 5.54 Å². The molecule has 0 aromatic heterocycles. The molecule has 0 saturated heterocycles. The van der Waals surface area contributed by atoms with Gasteiger partial charge in [-0.05, 0) is 24.3 Å². The fourth-order valence-corrected chi connectivity index (χ4v) is 2.10. The van der Waals surface area contributed by atoms with Crippen LogP contribution in [0.25, 0.3) is 0 Å². The van der Waals surface area contributed by atoms with Crippen LogP contribution < -0.4 is 11.3 Å². The number of rotatable bonds is 3. The maximum Gasteiger partial charge on any atom is 0.0546 e. The van der Waals surface area contributed by atoms with Gasteiger partial charge in [-0.3, -0.25) is 11.3 Å². The predicted octanol–water partition coefficient (Wildman–Crippen LogP) is 2.80. The highest BCUT2D eigenvalue weighted by Crippen LogP contribution is 2.33. The van der Waals surface area contributed by atoms with Crippen molar-refractivity contribution in [3.05, 3.63) is 35.9 Å². The molecule has 1 rings (SSSR count). The molecule has 0 spiro atoms. The molecule has 1 atom stereocenters. The first-order valence-electron chi connectivity index (χ1n) is 5.41. The minimum Gasteiger partial charge on any atom is -0.271 e. The highest BCUT2D eigenvalue weighted by atomic mass is 15.3. The smallest absolute Gasteiger partial charge is 0.0546 e. The Bertz CT molecular complexity index is 300. The monoisotopic (exact) mass is 206 g/mol. The van der Waals surface area contributed by atoms with E-state index in [9.17, 15) is 0 Å². The number of hydrogen-bond acceptors (Lipinski definition) is 2. The van der Waals surface area contributed by atoms with Crippen LogP contribution >= 0.6 is 0 Å². The van der Waals surface area contributed by atoms with Crippen molar-refractivity contribution in [1.82, 2.24) is 5.43 Å². The Morgan fingerprint density at radius 1 is 1.07 bits per heavy atom. The largest absolute Gasteiger partial charge is 0.271 e. The van der Waals surface area contributed by atoms with Gasteiger partial charge in [0.25, 0.3) is 0 Å². The van der Waals surface area contributed by atoms with E-state index in [0.717, 1.165) is 6.42 Å². The molecule has 1 unspecified atom stereocenters. The molecular weight excluding hydrogens is 184 g/mol. The van der Waals surface area contributed by atoms with Gasteiger partial charge in [-0.2, -0.15) is 0 Å². The molecule has 2 heteroatoms. The summed E-state index contributed by atoms with van der Waals surface area (Å²) in [6.07, 6.45) is 1.00. The van der Waals surface area contributed by atoms with Crippen LogP contribution in [0, 0.1) is 5.41 Å². The van der Waals surface area contributed by atoms with Gasteiger partial charge in [0.2, 0.25) is 0 Å². The van der Waals surface area contributed by atoms with Crippen molar-refractivity contribution < 1.29 is 0 Å². The summed E-state index contributed by atoms with van der Waals surface area (Å²) in [5, 5.41) is 0. The Kier molecular flexibility index (Phi) is 3.53. The third-order valence-corrected chi connectivity index (χ3v) is 2.61. The van der Waals surface area contributed by atoms with Gasteiger partial charge in [0, 0.05) is 0 Å². The molecule has 0 bridgehead atoms. The van der Waals surface area contributed by atoms with E-state index in [2.05, 4.69) is 45.3 Å². The summed E-state index contributed by atoms with van der Waals surface area (Å²) in [7, 11) is 0. The summed E-state index contributed by atoms with van der Waals surface area (Å²) >= 11 is 0. The quantitative estimate of drug-likeness (QED) is 0.589. The molecular formula is C13H22N2. The Labute approximate surface area is 92.8 Å². The number of hydrazine groups is 1. The normalized spacial score (nSPS) is 16.1. The van der Waals surface area contributed by atoms with E-state index in [4.69, 9.17) is 5.84 Å². The van der Waals surface area contributed by atoms with Crippen LogP contribution in [-0.2, 0) is 5.54 Å². The number of hydrogen-bond donors (Lipinski definition) is 2. The van der Waals surface area contributed by atoms with Crippen LogP contribution in [0.2, 0.25) is 0 Å². The van der Waals surface area contributed by atoms with E-state index in [-0.39, 0.29) is 11.0 Å². The molecule has 0 fully saturated rings. The third-order valence-electron chi connectivity index (χ3n) is 2.61. The second-order valence-electron chi connectivity index (χ2n) is 5.58. The SMILES string of the molecule is CC(C)(C)CC(C)(NN)c1ccccc1. The number of benzene rings is 1. The van der Waals surface area contributed by atoms with Crippen molar-refractivity contribution in [3.63, 3.8) is 0 Å². The van der Waals surface area contributed by atoms with Crippen molar-refractivity contribution in [2.45, 2.75) is 39.7 Å². The zero-order valence-corrected chi connectivity index (χ0v) is 10.2. The van der Waals surface area contributed by atoms with Gasteiger partial charge in [-0.25, -0.2) is 0 Å². The highest BCUT2D eigenvalue weighted by Gasteiger charge is 2.30. The van der Waals surface area contributed by atoms with Gasteiger partial charge < -0.3 is 0 Å². The predicted molar refractivity (Wildman–Crippen MR) is 65.2 cm³/mol. The maximum atomic E-state index is 5.70. The fourth-order valence-electron chi connectivity index (χ4n) is 2.10. The van der Waals surface area contributed by atoms with Crippen molar-refractivity contribution in [3.8, 4) is 0 Å². The average Bonchev–Trinajstić information content (AvgIpc) is 2.16. The average molecular weight is 206 g/mol. The lowest BCUT2D eigenvalue weighted by Gasteiger charge is -2.35. The first-order valence-corrected chi connectivity index (χ1v) is 5.41. The molecule has 0 amide bonds. The first kappa shape index (κ1) is 12.2. The lowest BCUT2D eigenvalue weighted by Crippen LogP contribution is -2.46. The van der Waals surface area contributed by atoms with Gasteiger partial charge in [-0.1, -0.05) is 51.1 Å². The van der Waals surface area contributed by atoms with E-state index < -0.39 is 0 Å². The van der Waals surface area contributed by atoms with E-state index in [1.54, 1.807) is 0 Å². The minimum atomic E-state index is -0.153. The van der Waals surface area contributed by atoms with Crippen LogP contribution in [0.15, 0.2) is 30.3 Å². The number of nitrogens with one attached hydrogen (secondary N) is 1. The number of nitrogens with two attached hydrogens (primary N) is 1. The molecule has 0 radical (unpaired) electrons. The van der Waals surface area contributed by atoms with Crippen molar-refractivity contribution in [2.75, 3.05) is 0 Å². The van der Waals surface area contributed by atoms with E-state index >= 15 is 0 Å². The molecule has 0 saturated carbocycles. The highest BCUT2D eigenvalue weighted by molar-refractivity contribution is 5.23. The van der Waals surface area contributed by atoms with E-state index in [0.29, 0.717) is 0 Å². The molecule has 1 aromatic rings. The molecule has 15 heavy (non-hydrogen) atoms. The van der Waals surface area contributed by atoms with Crippen LogP contribution in [0.5, 0.6) is 0 Å². The van der Waals surface area contributed by atoms with Gasteiger partial charge in [0.1, 0.15) is 0 Å². The third kappa shape index (κ3) is 3.33. The molecule has 1 aromatic carbocycles. The standard InChI is InChI=1S/C13H22N2/c1-12(2,3)10-13(4,15-14)11-8-6-5-7-9-11/h5-9,15H,10,14H2,1-4H3. The molecule has 84 valence electrons. The van der Waals surface area contributed by atoms with Crippen LogP contribution in [-0.4, -0.2) is 0 Å². The van der Waals surface area contributed by atoms with E-state index in [1.165, 1.54) is 5.56 Å². The first-order chi connectivity index (χ1) is 6.87. The van der Waals surface area contributed by atoms with Crippen LogP contribution in [0.4, 0.5) is 0 Å². The van der Waals surface area contributed by atoms with Crippen molar-refractivity contribution in [2.24, 2.45) is 11.3 Å². The second kappa shape index (κ2) is 4.33. The Morgan fingerprint density at radius 3 is 2.00 bits per heavy atom. The Balaban J connectivity index is 2.96. The summed E-state index contributed by atoms with van der Waals surface area (Å²) in [6, 6.07) is 10.4. The van der Waals surface area contributed by atoms with Crippen molar-refractivity contribution >= 4 is 0 Å². The van der Waals surface area contributed by atoms with Crippen LogP contribution in [0.3, 0.4) is 0 Å². The molecule has 0 aliphatic heterocycles. The Hall–Kier alpha value is -0.860. The molecule has 0 aliphatic rings. The summed E-state index contributed by atoms with van der Waals surface area (Å²) in [5.74, 6) is 5.70. The van der Waals surface area contributed by atoms with Crippen LogP contribution in [0.1, 0.15) is 39.7 Å². The zero-order chi connectivity index (χ0) is 11.5. The van der Waals surface area contributed by atoms with Crippen molar-refractivity contribution in [1.29, 1.82) is 0 Å². The molecule has 0 aliphatic carbocycles. The molecule has 3 N–H and O–H groups in total. The second-order valence-corrected chi connectivity index (χ2v) is 5.58. The molecule has 0 heterocycles. The lowest BCUT2D eigenvalue weighted by atomic mass is 9.77. The minimum absolute atomic E-state index is 0.153. The summed E-state index contributed by atoms with van der Waals surface area (Å²) < 4.78 is 0. The summed E-state index contributed by atoms with van der Waals surface area (Å²) in [4.78, 5) is 0. The Morgan fingerprint density at radius 2 is 1.60 bits per heavy atom. The van der Waals surface area contributed by atoms with E-state index in [1.807, 2.05) is 18.2 Å². The maximum absolute atomic E-state index is 5.70. The zero-order valence-electron chi connectivity index (χ0n) is 10.2. The topological polar surface area (TPSA) is 38.0 Å². The lowest BCUT2D eigenvalue weighted by molar-refractivity contribution is 0.228. The summed E-state index contributed by atoms with van der Waals surface area (Å²) in [6.45, 7) is 8.83. The van der Waals surface area contributed by atoms with Gasteiger partial charge >= 0.3 is 0 Å². The van der Waals surface area contributed by atoms with Gasteiger partial charge in [0.15, 0.2) is 0 Å². The summed E-state index contributed by atoms with van der Waals surface area (Å²) in [5.41, 5.74) is 4.28. The van der Waals surface area contributed by atoms with Gasteiger partial charge in [-0.15, -0.1) is 0 Å². The molecule has 2 nitrogen and oxygen atoms in total. The fraction of sp³-hybridized carbons (Fsp3) is 0.538.